The number of aryl methyl sites for hydroxylation is 1. The topological polar surface area (TPSA) is 98.1 Å². The van der Waals surface area contributed by atoms with E-state index in [2.05, 4.69) is 20.8 Å². The second-order valence-corrected chi connectivity index (χ2v) is 9.15. The molecule has 0 saturated heterocycles. The molecule has 3 rings (SSSR count). The van der Waals surface area contributed by atoms with Gasteiger partial charge in [-0.1, -0.05) is 43.3 Å². The maximum Gasteiger partial charge on any atom is 0.251 e. The Hall–Kier alpha value is -3.33. The number of ether oxygens (including phenoxy) is 1. The van der Waals surface area contributed by atoms with Gasteiger partial charge in [0.05, 0.1) is 18.9 Å². The van der Waals surface area contributed by atoms with Crippen molar-refractivity contribution in [3.8, 4) is 5.75 Å². The predicted molar refractivity (Wildman–Crippen MR) is 134 cm³/mol. The molecule has 2 amide bonds. The Morgan fingerprint density at radius 3 is 2.32 bits per heavy atom. The first-order valence-electron chi connectivity index (χ1n) is 11.2. The minimum atomic E-state index is -0.335. The standard InChI is InChI=1S/C25H31N5O3S/c1-6-30-23(22(16(2)3)27-24(32)18-9-13-20(33-5)14-10-18)28-29-25(30)34-15-21(31)26-19-11-7-17(4)8-12-19/h7-14,16,22H,6,15H2,1-5H3,(H,26,31)(H,27,32). The first kappa shape index (κ1) is 25.3. The molecule has 3 aromatic rings. The molecule has 1 unspecified atom stereocenters. The number of amides is 2. The van der Waals surface area contributed by atoms with Crippen molar-refractivity contribution >= 4 is 29.3 Å². The average Bonchev–Trinajstić information content (AvgIpc) is 3.24. The summed E-state index contributed by atoms with van der Waals surface area (Å²) in [6.45, 7) is 8.66. The van der Waals surface area contributed by atoms with E-state index in [9.17, 15) is 9.59 Å². The molecule has 0 fully saturated rings. The van der Waals surface area contributed by atoms with Crippen molar-refractivity contribution in [1.82, 2.24) is 20.1 Å². The maximum absolute atomic E-state index is 12.9. The molecule has 1 aromatic heterocycles. The van der Waals surface area contributed by atoms with Crippen LogP contribution >= 0.6 is 11.8 Å². The van der Waals surface area contributed by atoms with Crippen molar-refractivity contribution in [1.29, 1.82) is 0 Å². The molecule has 0 aliphatic heterocycles. The summed E-state index contributed by atoms with van der Waals surface area (Å²) in [6, 6.07) is 14.3. The third-order valence-corrected chi connectivity index (χ3v) is 6.28. The van der Waals surface area contributed by atoms with Crippen molar-refractivity contribution < 1.29 is 14.3 Å². The van der Waals surface area contributed by atoms with Gasteiger partial charge in [0, 0.05) is 17.8 Å². The predicted octanol–water partition coefficient (Wildman–Crippen LogP) is 4.47. The molecule has 0 radical (unpaired) electrons. The Balaban J connectivity index is 1.69. The number of thioether (sulfide) groups is 1. The SMILES string of the molecule is CCn1c(SCC(=O)Nc2ccc(C)cc2)nnc1C(NC(=O)c1ccc(OC)cc1)C(C)C. The van der Waals surface area contributed by atoms with Gasteiger partial charge in [0.1, 0.15) is 5.75 Å². The number of carbonyl (C=O) groups excluding carboxylic acids is 2. The third kappa shape index (κ3) is 6.38. The van der Waals surface area contributed by atoms with Crippen LogP contribution in [-0.2, 0) is 11.3 Å². The number of methoxy groups -OCH3 is 1. The van der Waals surface area contributed by atoms with Gasteiger partial charge >= 0.3 is 0 Å². The van der Waals surface area contributed by atoms with Crippen LogP contribution in [0, 0.1) is 12.8 Å². The van der Waals surface area contributed by atoms with Gasteiger partial charge in [-0.05, 0) is 56.2 Å². The minimum Gasteiger partial charge on any atom is -0.497 e. The number of carbonyl (C=O) groups is 2. The molecule has 1 heterocycles. The number of hydrogen-bond acceptors (Lipinski definition) is 6. The van der Waals surface area contributed by atoms with E-state index in [1.807, 2.05) is 56.5 Å². The number of rotatable bonds is 10. The Morgan fingerprint density at radius 2 is 1.74 bits per heavy atom. The molecule has 0 aliphatic carbocycles. The summed E-state index contributed by atoms with van der Waals surface area (Å²) >= 11 is 1.32. The summed E-state index contributed by atoms with van der Waals surface area (Å²) in [6.07, 6.45) is 0. The molecule has 180 valence electrons. The Kier molecular flexibility index (Phi) is 8.70. The Morgan fingerprint density at radius 1 is 1.06 bits per heavy atom. The summed E-state index contributed by atoms with van der Waals surface area (Å²) in [5.41, 5.74) is 2.43. The molecule has 2 aromatic carbocycles. The normalized spacial score (nSPS) is 11.8. The monoisotopic (exact) mass is 481 g/mol. The molecule has 0 spiro atoms. The summed E-state index contributed by atoms with van der Waals surface area (Å²) in [4.78, 5) is 25.3. The quantitative estimate of drug-likeness (QED) is 0.415. The van der Waals surface area contributed by atoms with E-state index in [4.69, 9.17) is 4.74 Å². The Labute approximate surface area is 204 Å². The number of benzene rings is 2. The van der Waals surface area contributed by atoms with Crippen LogP contribution in [0.1, 0.15) is 48.6 Å². The molecule has 2 N–H and O–H groups in total. The van der Waals surface area contributed by atoms with Crippen molar-refractivity contribution in [2.75, 3.05) is 18.2 Å². The molecule has 0 saturated carbocycles. The van der Waals surface area contributed by atoms with Gasteiger partial charge in [0.2, 0.25) is 5.91 Å². The van der Waals surface area contributed by atoms with Crippen LogP contribution in [0.3, 0.4) is 0 Å². The molecular weight excluding hydrogens is 450 g/mol. The zero-order valence-corrected chi connectivity index (χ0v) is 21.0. The molecule has 0 aliphatic rings. The number of aromatic nitrogens is 3. The fourth-order valence-electron chi connectivity index (χ4n) is 3.39. The lowest BCUT2D eigenvalue weighted by Gasteiger charge is -2.22. The molecule has 8 nitrogen and oxygen atoms in total. The largest absolute Gasteiger partial charge is 0.497 e. The van der Waals surface area contributed by atoms with Crippen molar-refractivity contribution in [2.45, 2.75) is 45.4 Å². The number of anilines is 1. The fraction of sp³-hybridized carbons (Fsp3) is 0.360. The van der Waals surface area contributed by atoms with Crippen LogP contribution in [-0.4, -0.2) is 39.4 Å². The zero-order chi connectivity index (χ0) is 24.7. The van der Waals surface area contributed by atoms with Gasteiger partial charge in [-0.25, -0.2) is 0 Å². The van der Waals surface area contributed by atoms with Crippen molar-refractivity contribution in [3.05, 3.63) is 65.5 Å². The van der Waals surface area contributed by atoms with Crippen LogP contribution in [0.4, 0.5) is 5.69 Å². The minimum absolute atomic E-state index is 0.0828. The van der Waals surface area contributed by atoms with E-state index in [-0.39, 0.29) is 29.5 Å². The van der Waals surface area contributed by atoms with E-state index < -0.39 is 0 Å². The first-order chi connectivity index (χ1) is 16.3. The molecular formula is C25H31N5O3S. The lowest BCUT2D eigenvalue weighted by Crippen LogP contribution is -2.33. The third-order valence-electron chi connectivity index (χ3n) is 5.31. The summed E-state index contributed by atoms with van der Waals surface area (Å²) in [5, 5.41) is 15.3. The molecule has 9 heteroatoms. The summed E-state index contributed by atoms with van der Waals surface area (Å²) in [7, 11) is 1.59. The average molecular weight is 482 g/mol. The number of hydrogen-bond donors (Lipinski definition) is 2. The van der Waals surface area contributed by atoms with E-state index >= 15 is 0 Å². The van der Waals surface area contributed by atoms with Crippen molar-refractivity contribution in [2.24, 2.45) is 5.92 Å². The molecule has 1 atom stereocenters. The van der Waals surface area contributed by atoms with Gasteiger partial charge in [-0.3, -0.25) is 9.59 Å². The number of nitrogens with one attached hydrogen (secondary N) is 2. The highest BCUT2D eigenvalue weighted by Crippen LogP contribution is 2.26. The van der Waals surface area contributed by atoms with Gasteiger partial charge in [-0.2, -0.15) is 0 Å². The smallest absolute Gasteiger partial charge is 0.251 e. The van der Waals surface area contributed by atoms with E-state index in [0.29, 0.717) is 28.8 Å². The van der Waals surface area contributed by atoms with Crippen LogP contribution in [0.25, 0.3) is 0 Å². The van der Waals surface area contributed by atoms with E-state index in [0.717, 1.165) is 11.3 Å². The van der Waals surface area contributed by atoms with Crippen LogP contribution < -0.4 is 15.4 Å². The number of nitrogens with zero attached hydrogens (tertiary/aromatic N) is 3. The Bertz CT molecular complexity index is 1110. The highest BCUT2D eigenvalue weighted by Gasteiger charge is 2.26. The first-order valence-corrected chi connectivity index (χ1v) is 12.2. The van der Waals surface area contributed by atoms with Gasteiger partial charge in [0.15, 0.2) is 11.0 Å². The van der Waals surface area contributed by atoms with Gasteiger partial charge in [0.25, 0.3) is 5.91 Å². The zero-order valence-electron chi connectivity index (χ0n) is 20.2. The highest BCUT2D eigenvalue weighted by atomic mass is 32.2. The second kappa shape index (κ2) is 11.7. The summed E-state index contributed by atoms with van der Waals surface area (Å²) < 4.78 is 7.11. The van der Waals surface area contributed by atoms with Crippen LogP contribution in [0.15, 0.2) is 53.7 Å². The lowest BCUT2D eigenvalue weighted by molar-refractivity contribution is -0.113. The van der Waals surface area contributed by atoms with E-state index in [1.54, 1.807) is 31.4 Å². The van der Waals surface area contributed by atoms with Gasteiger partial charge < -0.3 is 19.9 Å². The molecule has 34 heavy (non-hydrogen) atoms. The lowest BCUT2D eigenvalue weighted by atomic mass is 10.0. The maximum atomic E-state index is 12.9. The van der Waals surface area contributed by atoms with Crippen LogP contribution in [0.5, 0.6) is 5.75 Å². The van der Waals surface area contributed by atoms with Crippen molar-refractivity contribution in [3.63, 3.8) is 0 Å². The van der Waals surface area contributed by atoms with Gasteiger partial charge in [-0.15, -0.1) is 10.2 Å². The highest BCUT2D eigenvalue weighted by molar-refractivity contribution is 7.99. The summed E-state index contributed by atoms with van der Waals surface area (Å²) in [5.74, 6) is 1.33. The van der Waals surface area contributed by atoms with E-state index in [1.165, 1.54) is 11.8 Å². The fourth-order valence-corrected chi connectivity index (χ4v) is 4.20. The van der Waals surface area contributed by atoms with Crippen LogP contribution in [0.2, 0.25) is 0 Å². The second-order valence-electron chi connectivity index (χ2n) is 8.21. The molecule has 0 bridgehead atoms.